The fraction of sp³-hybridized carbons (Fsp3) is 0.364. The summed E-state index contributed by atoms with van der Waals surface area (Å²) in [6.45, 7) is 0. The van der Waals surface area contributed by atoms with Gasteiger partial charge in [0.2, 0.25) is 10.0 Å². The molecule has 0 radical (unpaired) electrons. The maximum atomic E-state index is 11.7. The molecule has 0 amide bonds. The van der Waals surface area contributed by atoms with Gasteiger partial charge in [0.15, 0.2) is 0 Å². The number of benzene rings is 1. The van der Waals surface area contributed by atoms with Gasteiger partial charge in [0.25, 0.3) is 0 Å². The highest BCUT2D eigenvalue weighted by Gasteiger charge is 2.28. The molecule has 18 heavy (non-hydrogen) atoms. The van der Waals surface area contributed by atoms with Crippen LogP contribution in [-0.4, -0.2) is 25.2 Å². The highest BCUT2D eigenvalue weighted by atomic mass is 35.5. The molecule has 7 heteroatoms. The largest absolute Gasteiger partial charge is 0.478 e. The van der Waals surface area contributed by atoms with Gasteiger partial charge >= 0.3 is 5.97 Å². The Balaban J connectivity index is 2.16. The number of hydrogen-bond donors (Lipinski definition) is 2. The molecular weight excluding hydrogens is 278 g/mol. The summed E-state index contributed by atoms with van der Waals surface area (Å²) in [5.41, 5.74) is 0.229. The van der Waals surface area contributed by atoms with Crippen molar-refractivity contribution in [2.24, 2.45) is 5.92 Å². The van der Waals surface area contributed by atoms with E-state index in [9.17, 15) is 13.2 Å². The molecule has 0 atom stereocenters. The van der Waals surface area contributed by atoms with Crippen LogP contribution in [0.5, 0.6) is 0 Å². The molecule has 1 aromatic rings. The zero-order valence-electron chi connectivity index (χ0n) is 9.39. The number of carbonyl (C=O) groups is 1. The second kappa shape index (κ2) is 4.78. The van der Waals surface area contributed by atoms with Crippen LogP contribution in [0.1, 0.15) is 23.2 Å². The van der Waals surface area contributed by atoms with Crippen LogP contribution in [0.4, 0.5) is 5.69 Å². The molecule has 0 saturated heterocycles. The average molecular weight is 290 g/mol. The number of rotatable bonds is 5. The lowest BCUT2D eigenvalue weighted by Gasteiger charge is -2.09. The van der Waals surface area contributed by atoms with Crippen molar-refractivity contribution >= 4 is 33.3 Å². The standard InChI is InChI=1S/C11H12ClNO4S/c12-9-5-8(11(14)15)3-4-10(9)13-18(16,17)6-7-1-2-7/h3-5,7,13H,1-2,6H2,(H,14,15). The molecule has 0 aliphatic heterocycles. The van der Waals surface area contributed by atoms with Gasteiger partial charge in [-0.1, -0.05) is 11.6 Å². The fourth-order valence-electron chi connectivity index (χ4n) is 1.53. The Morgan fingerprint density at radius 1 is 1.44 bits per heavy atom. The molecule has 1 aliphatic rings. The third-order valence-electron chi connectivity index (χ3n) is 2.63. The summed E-state index contributed by atoms with van der Waals surface area (Å²) in [5.74, 6) is -0.784. The molecule has 2 rings (SSSR count). The highest BCUT2D eigenvalue weighted by molar-refractivity contribution is 7.92. The molecule has 1 fully saturated rings. The van der Waals surface area contributed by atoms with Crippen molar-refractivity contribution in [2.45, 2.75) is 12.8 Å². The average Bonchev–Trinajstić information content (AvgIpc) is 3.03. The maximum Gasteiger partial charge on any atom is 0.335 e. The first-order valence-electron chi connectivity index (χ1n) is 5.41. The Bertz CT molecular complexity index is 581. The van der Waals surface area contributed by atoms with Crippen LogP contribution in [0.15, 0.2) is 18.2 Å². The lowest BCUT2D eigenvalue weighted by atomic mass is 10.2. The lowest BCUT2D eigenvalue weighted by molar-refractivity contribution is 0.0697. The molecule has 1 saturated carbocycles. The second-order valence-corrected chi connectivity index (χ2v) is 6.50. The van der Waals surface area contributed by atoms with Crippen molar-refractivity contribution in [3.8, 4) is 0 Å². The van der Waals surface area contributed by atoms with Gasteiger partial charge in [0, 0.05) is 0 Å². The third-order valence-corrected chi connectivity index (χ3v) is 4.39. The first kappa shape index (κ1) is 13.2. The molecule has 0 unspecified atom stereocenters. The van der Waals surface area contributed by atoms with Gasteiger partial charge in [-0.2, -0.15) is 0 Å². The molecule has 0 spiro atoms. The molecule has 2 N–H and O–H groups in total. The SMILES string of the molecule is O=C(O)c1ccc(NS(=O)(=O)CC2CC2)c(Cl)c1. The number of halogens is 1. The van der Waals surface area contributed by atoms with Crippen LogP contribution in [0.3, 0.4) is 0 Å². The van der Waals surface area contributed by atoms with E-state index in [-0.39, 0.29) is 27.9 Å². The van der Waals surface area contributed by atoms with Crippen molar-refractivity contribution in [3.63, 3.8) is 0 Å². The van der Waals surface area contributed by atoms with Crippen molar-refractivity contribution in [1.82, 2.24) is 0 Å². The Labute approximate surface area is 110 Å². The Kier molecular flexibility index (Phi) is 3.49. The van der Waals surface area contributed by atoms with Gasteiger partial charge in [-0.05, 0) is 37.0 Å². The summed E-state index contributed by atoms with van der Waals surface area (Å²) < 4.78 is 25.8. The van der Waals surface area contributed by atoms with Gasteiger partial charge in [0.1, 0.15) is 0 Å². The molecule has 98 valence electrons. The Morgan fingerprint density at radius 2 is 2.11 bits per heavy atom. The topological polar surface area (TPSA) is 83.5 Å². The van der Waals surface area contributed by atoms with E-state index in [1.54, 1.807) is 0 Å². The minimum absolute atomic E-state index is 0.0186. The Morgan fingerprint density at radius 3 is 2.61 bits per heavy atom. The number of nitrogens with one attached hydrogen (secondary N) is 1. The van der Waals surface area contributed by atoms with Crippen molar-refractivity contribution in [2.75, 3.05) is 10.5 Å². The summed E-state index contributed by atoms with van der Waals surface area (Å²) in [5, 5.41) is 8.84. The van der Waals surface area contributed by atoms with Crippen molar-refractivity contribution < 1.29 is 18.3 Å². The first-order valence-corrected chi connectivity index (χ1v) is 7.44. The summed E-state index contributed by atoms with van der Waals surface area (Å²) in [7, 11) is -3.41. The van der Waals surface area contributed by atoms with Crippen LogP contribution >= 0.6 is 11.6 Å². The molecule has 1 aliphatic carbocycles. The number of anilines is 1. The van der Waals surface area contributed by atoms with Crippen molar-refractivity contribution in [3.05, 3.63) is 28.8 Å². The smallest absolute Gasteiger partial charge is 0.335 e. The molecule has 1 aromatic carbocycles. The van der Waals surface area contributed by atoms with E-state index in [1.807, 2.05) is 0 Å². The van der Waals surface area contributed by atoms with Crippen LogP contribution in [-0.2, 0) is 10.0 Å². The summed E-state index contributed by atoms with van der Waals surface area (Å²) >= 11 is 5.84. The predicted octanol–water partition coefficient (Wildman–Crippen LogP) is 2.19. The van der Waals surface area contributed by atoms with Gasteiger partial charge in [0.05, 0.1) is 22.0 Å². The number of carboxylic acids is 1. The number of sulfonamides is 1. The summed E-state index contributed by atoms with van der Waals surface area (Å²) in [4.78, 5) is 10.7. The fourth-order valence-corrected chi connectivity index (χ4v) is 3.37. The van der Waals surface area contributed by atoms with E-state index in [2.05, 4.69) is 4.72 Å². The zero-order valence-corrected chi connectivity index (χ0v) is 11.0. The minimum Gasteiger partial charge on any atom is -0.478 e. The van der Waals surface area contributed by atoms with E-state index in [1.165, 1.54) is 18.2 Å². The quantitative estimate of drug-likeness (QED) is 0.870. The van der Waals surface area contributed by atoms with Crippen LogP contribution in [0, 0.1) is 5.92 Å². The third kappa shape index (κ3) is 3.36. The first-order chi connectivity index (χ1) is 8.37. The highest BCUT2D eigenvalue weighted by Crippen LogP contribution is 2.31. The molecule has 0 bridgehead atoms. The van der Waals surface area contributed by atoms with Crippen molar-refractivity contribution in [1.29, 1.82) is 0 Å². The molecule has 0 aromatic heterocycles. The van der Waals surface area contributed by atoms with Crippen LogP contribution in [0.25, 0.3) is 0 Å². The van der Waals surface area contributed by atoms with Gasteiger partial charge in [-0.15, -0.1) is 0 Å². The normalized spacial score (nSPS) is 15.4. The summed E-state index contributed by atoms with van der Waals surface area (Å²) in [6, 6.07) is 3.89. The molecular formula is C11H12ClNO4S. The van der Waals surface area contributed by atoms with E-state index >= 15 is 0 Å². The number of carboxylic acid groups (broad SMARTS) is 1. The van der Waals surface area contributed by atoms with E-state index in [0.29, 0.717) is 0 Å². The lowest BCUT2D eigenvalue weighted by Crippen LogP contribution is -2.18. The predicted molar refractivity (Wildman–Crippen MR) is 68.5 cm³/mol. The Hall–Kier alpha value is -1.27. The van der Waals surface area contributed by atoms with E-state index < -0.39 is 16.0 Å². The maximum absolute atomic E-state index is 11.7. The second-order valence-electron chi connectivity index (χ2n) is 4.33. The van der Waals surface area contributed by atoms with E-state index in [4.69, 9.17) is 16.7 Å². The van der Waals surface area contributed by atoms with Gasteiger partial charge in [-0.3, -0.25) is 4.72 Å². The van der Waals surface area contributed by atoms with Crippen LogP contribution in [0.2, 0.25) is 5.02 Å². The van der Waals surface area contributed by atoms with Gasteiger partial charge in [-0.25, -0.2) is 13.2 Å². The summed E-state index contributed by atoms with van der Waals surface area (Å²) in [6.07, 6.45) is 1.87. The molecule has 0 heterocycles. The van der Waals surface area contributed by atoms with Gasteiger partial charge < -0.3 is 5.11 Å². The molecule has 5 nitrogen and oxygen atoms in total. The number of hydrogen-bond acceptors (Lipinski definition) is 3. The van der Waals surface area contributed by atoms with E-state index in [0.717, 1.165) is 12.8 Å². The zero-order chi connectivity index (χ0) is 13.3. The van der Waals surface area contributed by atoms with Crippen LogP contribution < -0.4 is 4.72 Å². The monoisotopic (exact) mass is 289 g/mol. The number of aromatic carboxylic acids is 1. The minimum atomic E-state index is -3.41.